The quantitative estimate of drug-likeness (QED) is 0.907. The number of halogens is 2. The van der Waals surface area contributed by atoms with E-state index in [-0.39, 0.29) is 12.4 Å². The van der Waals surface area contributed by atoms with E-state index >= 15 is 0 Å². The zero-order chi connectivity index (χ0) is 14.9. The molecular weight excluding hydrogens is 289 g/mol. The third-order valence-corrected chi connectivity index (χ3v) is 4.64. The molecule has 2 N–H and O–H groups in total. The van der Waals surface area contributed by atoms with Crippen LogP contribution in [0.25, 0.3) is 0 Å². The largest absolute Gasteiger partial charge is 0.394 e. The van der Waals surface area contributed by atoms with Crippen molar-refractivity contribution >= 4 is 11.6 Å². The fourth-order valence-electron chi connectivity index (χ4n) is 3.05. The zero-order valence-electron chi connectivity index (χ0n) is 11.6. The molecule has 0 spiro atoms. The van der Waals surface area contributed by atoms with Crippen molar-refractivity contribution in [2.75, 3.05) is 6.61 Å². The highest BCUT2D eigenvalue weighted by Gasteiger charge is 2.37. The summed E-state index contributed by atoms with van der Waals surface area (Å²) in [6, 6.07) is 12.7. The highest BCUT2D eigenvalue weighted by atomic mass is 35.5. The Morgan fingerprint density at radius 2 is 2.00 bits per heavy atom. The van der Waals surface area contributed by atoms with Gasteiger partial charge in [-0.3, -0.25) is 0 Å². The summed E-state index contributed by atoms with van der Waals surface area (Å²) >= 11 is 6.06. The molecule has 110 valence electrons. The molecule has 1 aliphatic rings. The van der Waals surface area contributed by atoms with Gasteiger partial charge in [-0.05, 0) is 36.1 Å². The summed E-state index contributed by atoms with van der Waals surface area (Å²) in [5, 5.41) is 13.6. The molecule has 0 amide bonds. The molecule has 1 aliphatic carbocycles. The average molecular weight is 306 g/mol. The smallest absolute Gasteiger partial charge is 0.129 e. The van der Waals surface area contributed by atoms with E-state index in [9.17, 15) is 9.50 Å². The van der Waals surface area contributed by atoms with Crippen LogP contribution in [0.3, 0.4) is 0 Å². The fraction of sp³-hybridized carbons (Fsp3) is 0.294. The number of aliphatic hydroxyl groups excluding tert-OH is 1. The number of hydrogen-bond acceptors (Lipinski definition) is 2. The van der Waals surface area contributed by atoms with Gasteiger partial charge in [-0.1, -0.05) is 41.9 Å². The highest BCUT2D eigenvalue weighted by molar-refractivity contribution is 6.31. The molecule has 1 atom stereocenters. The van der Waals surface area contributed by atoms with Crippen LogP contribution in [0.1, 0.15) is 23.1 Å². The standard InChI is InChI=1S/C17H17ClFNO/c18-15-6-3-7-16(19)13(15)10-20-17(11-21)9-8-12-4-1-2-5-14(12)17/h1-7,20-21H,8-11H2. The van der Waals surface area contributed by atoms with E-state index in [1.165, 1.54) is 11.6 Å². The lowest BCUT2D eigenvalue weighted by molar-refractivity contribution is 0.158. The van der Waals surface area contributed by atoms with Crippen LogP contribution in [-0.4, -0.2) is 11.7 Å². The van der Waals surface area contributed by atoms with Gasteiger partial charge < -0.3 is 10.4 Å². The van der Waals surface area contributed by atoms with Crippen LogP contribution in [0.15, 0.2) is 42.5 Å². The van der Waals surface area contributed by atoms with Crippen molar-refractivity contribution in [3.8, 4) is 0 Å². The Morgan fingerprint density at radius 1 is 1.19 bits per heavy atom. The van der Waals surface area contributed by atoms with Gasteiger partial charge in [-0.25, -0.2) is 4.39 Å². The molecular formula is C17H17ClFNO. The molecule has 0 aliphatic heterocycles. The Kier molecular flexibility index (Phi) is 3.98. The van der Waals surface area contributed by atoms with Gasteiger partial charge in [0.05, 0.1) is 12.1 Å². The molecule has 0 saturated carbocycles. The van der Waals surface area contributed by atoms with E-state index in [1.807, 2.05) is 18.2 Å². The Balaban J connectivity index is 1.87. The van der Waals surface area contributed by atoms with Crippen molar-refractivity contribution in [2.24, 2.45) is 0 Å². The summed E-state index contributed by atoms with van der Waals surface area (Å²) in [6.07, 6.45) is 1.71. The summed E-state index contributed by atoms with van der Waals surface area (Å²) < 4.78 is 13.9. The predicted molar refractivity (Wildman–Crippen MR) is 81.8 cm³/mol. The maximum absolute atomic E-state index is 13.9. The first-order valence-corrected chi connectivity index (χ1v) is 7.41. The Hall–Kier alpha value is -1.42. The number of aryl methyl sites for hydroxylation is 1. The SMILES string of the molecule is OCC1(NCc2c(F)cccc2Cl)CCc2ccccc21. The molecule has 2 aromatic carbocycles. The Labute approximate surface area is 128 Å². The fourth-order valence-corrected chi connectivity index (χ4v) is 3.28. The topological polar surface area (TPSA) is 32.3 Å². The number of hydrogen-bond donors (Lipinski definition) is 2. The first kappa shape index (κ1) is 14.5. The lowest BCUT2D eigenvalue weighted by Gasteiger charge is -2.30. The van der Waals surface area contributed by atoms with Gasteiger partial charge >= 0.3 is 0 Å². The van der Waals surface area contributed by atoms with E-state index in [1.54, 1.807) is 12.1 Å². The molecule has 2 nitrogen and oxygen atoms in total. The van der Waals surface area contributed by atoms with Crippen molar-refractivity contribution < 1.29 is 9.50 Å². The van der Waals surface area contributed by atoms with E-state index in [0.717, 1.165) is 18.4 Å². The van der Waals surface area contributed by atoms with Gasteiger partial charge in [0.15, 0.2) is 0 Å². The molecule has 0 bridgehead atoms. The van der Waals surface area contributed by atoms with Crippen LogP contribution in [-0.2, 0) is 18.5 Å². The summed E-state index contributed by atoms with van der Waals surface area (Å²) in [7, 11) is 0. The molecule has 3 rings (SSSR count). The normalized spacial score (nSPS) is 20.5. The third-order valence-electron chi connectivity index (χ3n) is 4.29. The van der Waals surface area contributed by atoms with Crippen LogP contribution in [0, 0.1) is 5.82 Å². The number of fused-ring (bicyclic) bond motifs is 1. The molecule has 0 fully saturated rings. The minimum absolute atomic E-state index is 0.0178. The van der Waals surface area contributed by atoms with E-state index < -0.39 is 5.54 Å². The molecule has 21 heavy (non-hydrogen) atoms. The molecule has 2 aromatic rings. The first-order chi connectivity index (χ1) is 10.2. The van der Waals surface area contributed by atoms with Crippen molar-refractivity contribution in [1.82, 2.24) is 5.32 Å². The summed E-state index contributed by atoms with van der Waals surface area (Å²) in [4.78, 5) is 0. The lowest BCUT2D eigenvalue weighted by atomic mass is 9.92. The van der Waals surface area contributed by atoms with Crippen molar-refractivity contribution in [2.45, 2.75) is 24.9 Å². The molecule has 0 heterocycles. The van der Waals surface area contributed by atoms with Gasteiger partial charge in [0.1, 0.15) is 5.82 Å². The molecule has 0 saturated heterocycles. The minimum atomic E-state index is -0.512. The van der Waals surface area contributed by atoms with E-state index in [2.05, 4.69) is 11.4 Å². The first-order valence-electron chi connectivity index (χ1n) is 7.03. The van der Waals surface area contributed by atoms with E-state index in [4.69, 9.17) is 11.6 Å². The summed E-state index contributed by atoms with van der Waals surface area (Å²) in [5.41, 5.74) is 2.26. The van der Waals surface area contributed by atoms with Gasteiger partial charge in [0.2, 0.25) is 0 Å². The number of rotatable bonds is 4. The minimum Gasteiger partial charge on any atom is -0.394 e. The Morgan fingerprint density at radius 3 is 2.76 bits per heavy atom. The number of nitrogens with one attached hydrogen (secondary N) is 1. The second kappa shape index (κ2) is 5.76. The zero-order valence-corrected chi connectivity index (χ0v) is 12.3. The third kappa shape index (κ3) is 2.57. The summed E-state index contributed by atoms with van der Waals surface area (Å²) in [6.45, 7) is 0.274. The van der Waals surface area contributed by atoms with Crippen molar-refractivity contribution in [3.63, 3.8) is 0 Å². The van der Waals surface area contributed by atoms with Gasteiger partial charge in [-0.2, -0.15) is 0 Å². The van der Waals surface area contributed by atoms with Crippen LogP contribution in [0.5, 0.6) is 0 Å². The highest BCUT2D eigenvalue weighted by Crippen LogP contribution is 2.37. The van der Waals surface area contributed by atoms with Gasteiger partial charge in [0, 0.05) is 17.1 Å². The molecule has 4 heteroatoms. The number of aliphatic hydroxyl groups is 1. The molecule has 0 radical (unpaired) electrons. The van der Waals surface area contributed by atoms with Crippen LogP contribution in [0.4, 0.5) is 4.39 Å². The van der Waals surface area contributed by atoms with Crippen LogP contribution in [0.2, 0.25) is 5.02 Å². The van der Waals surface area contributed by atoms with Crippen LogP contribution >= 0.6 is 11.6 Å². The second-order valence-corrected chi connectivity index (χ2v) is 5.86. The van der Waals surface area contributed by atoms with Crippen molar-refractivity contribution in [1.29, 1.82) is 0 Å². The molecule has 0 aromatic heterocycles. The average Bonchev–Trinajstić information content (AvgIpc) is 2.87. The monoisotopic (exact) mass is 305 g/mol. The maximum atomic E-state index is 13.9. The van der Waals surface area contributed by atoms with Crippen molar-refractivity contribution in [3.05, 3.63) is 70.0 Å². The van der Waals surface area contributed by atoms with Gasteiger partial charge in [0.25, 0.3) is 0 Å². The Bertz CT molecular complexity index is 641. The summed E-state index contributed by atoms with van der Waals surface area (Å²) in [5.74, 6) is -0.325. The van der Waals surface area contributed by atoms with Gasteiger partial charge in [-0.15, -0.1) is 0 Å². The second-order valence-electron chi connectivity index (χ2n) is 5.45. The predicted octanol–water partition coefficient (Wildman–Crippen LogP) is 3.40. The maximum Gasteiger partial charge on any atom is 0.129 e. The number of benzene rings is 2. The van der Waals surface area contributed by atoms with E-state index in [0.29, 0.717) is 17.1 Å². The lowest BCUT2D eigenvalue weighted by Crippen LogP contribution is -2.43. The van der Waals surface area contributed by atoms with Crippen LogP contribution < -0.4 is 5.32 Å². The molecule has 1 unspecified atom stereocenters.